The van der Waals surface area contributed by atoms with Crippen molar-refractivity contribution in [2.45, 2.75) is 45.1 Å². The van der Waals surface area contributed by atoms with Crippen LogP contribution in [0.5, 0.6) is 0 Å². The molecule has 0 saturated heterocycles. The van der Waals surface area contributed by atoms with Crippen LogP contribution >= 0.6 is 15.9 Å². The van der Waals surface area contributed by atoms with Crippen molar-refractivity contribution in [3.63, 3.8) is 0 Å². The van der Waals surface area contributed by atoms with E-state index in [0.29, 0.717) is 0 Å². The van der Waals surface area contributed by atoms with Gasteiger partial charge in [0.2, 0.25) is 5.91 Å². The number of aromatic nitrogens is 1. The van der Waals surface area contributed by atoms with Crippen LogP contribution in [0.2, 0.25) is 0 Å². The smallest absolute Gasteiger partial charge is 0.272 e. The summed E-state index contributed by atoms with van der Waals surface area (Å²) in [5.41, 5.74) is 0.0924. The van der Waals surface area contributed by atoms with Crippen LogP contribution in [0.4, 0.5) is 27.6 Å². The molecule has 0 unspecified atom stereocenters. The summed E-state index contributed by atoms with van der Waals surface area (Å²) in [4.78, 5) is 18.9. The van der Waals surface area contributed by atoms with E-state index < -0.39 is 41.7 Å². The molecule has 2 aromatic carbocycles. The van der Waals surface area contributed by atoms with Gasteiger partial charge in [-0.25, -0.2) is 22.0 Å². The predicted molar refractivity (Wildman–Crippen MR) is 121 cm³/mol. The van der Waals surface area contributed by atoms with Crippen LogP contribution in [0.3, 0.4) is 0 Å². The summed E-state index contributed by atoms with van der Waals surface area (Å²) in [6.07, 6.45) is 1.60. The second-order valence-corrected chi connectivity index (χ2v) is 9.31. The van der Waals surface area contributed by atoms with Crippen molar-refractivity contribution in [2.24, 2.45) is 0 Å². The highest BCUT2D eigenvalue weighted by molar-refractivity contribution is 9.10. The quantitative estimate of drug-likeness (QED) is 0.337. The van der Waals surface area contributed by atoms with Crippen molar-refractivity contribution >= 4 is 27.5 Å². The largest absolute Gasteiger partial charge is 0.307 e. The van der Waals surface area contributed by atoms with Crippen molar-refractivity contribution in [2.75, 3.05) is 4.90 Å². The number of hydrogen-bond acceptors (Lipinski definition) is 2. The summed E-state index contributed by atoms with van der Waals surface area (Å²) in [5, 5.41) is 0. The van der Waals surface area contributed by atoms with Crippen LogP contribution in [-0.4, -0.2) is 10.9 Å². The monoisotopic (exact) mass is 538 g/mol. The summed E-state index contributed by atoms with van der Waals surface area (Å²) in [6, 6.07) is 7.54. The third kappa shape index (κ3) is 4.58. The maximum atomic E-state index is 14.7. The Balaban J connectivity index is 1.83. The lowest BCUT2D eigenvalue weighted by molar-refractivity contribution is -0.120. The Morgan fingerprint density at radius 1 is 1.12 bits per heavy atom. The molecule has 1 aliphatic rings. The Hall–Kier alpha value is -2.81. The van der Waals surface area contributed by atoms with Gasteiger partial charge in [-0.15, -0.1) is 0 Å². The first-order chi connectivity index (χ1) is 16.0. The molecule has 1 aliphatic heterocycles. The van der Waals surface area contributed by atoms with E-state index in [1.807, 2.05) is 0 Å². The van der Waals surface area contributed by atoms with E-state index in [1.165, 1.54) is 37.4 Å². The Morgan fingerprint density at radius 3 is 2.44 bits per heavy atom. The average molecular weight is 539 g/mol. The molecule has 1 aromatic heterocycles. The van der Waals surface area contributed by atoms with Gasteiger partial charge in [-0.3, -0.25) is 9.78 Å². The van der Waals surface area contributed by atoms with Crippen LogP contribution in [-0.2, 0) is 23.7 Å². The number of halogens is 6. The van der Waals surface area contributed by atoms with Crippen molar-refractivity contribution in [3.8, 4) is 0 Å². The first-order valence-corrected chi connectivity index (χ1v) is 11.3. The van der Waals surface area contributed by atoms with Gasteiger partial charge in [0.15, 0.2) is 0 Å². The van der Waals surface area contributed by atoms with Gasteiger partial charge < -0.3 is 4.90 Å². The highest BCUT2D eigenvalue weighted by Crippen LogP contribution is 2.38. The SMILES string of the molecule is Cc1ncc([C@H]2CCc3c(F)cccc3N(Cc3c(F)cc(Br)cc3F)C2=O)cc1C(C)(F)F. The molecular weight excluding hydrogens is 519 g/mol. The van der Waals surface area contributed by atoms with Crippen LogP contribution in [0.1, 0.15) is 47.2 Å². The fourth-order valence-electron chi connectivity index (χ4n) is 4.30. The lowest BCUT2D eigenvalue weighted by Crippen LogP contribution is -2.35. The molecule has 4 rings (SSSR count). The highest BCUT2D eigenvalue weighted by Gasteiger charge is 2.35. The Labute approximate surface area is 201 Å². The number of nitrogens with zero attached hydrogens (tertiary/aromatic N) is 2. The number of alkyl halides is 2. The minimum absolute atomic E-state index is 0.119. The molecule has 0 radical (unpaired) electrons. The van der Waals surface area contributed by atoms with Crippen molar-refractivity contribution < 1.29 is 26.7 Å². The minimum atomic E-state index is -3.18. The molecule has 0 N–H and O–H groups in total. The van der Waals surface area contributed by atoms with E-state index in [9.17, 15) is 26.7 Å². The van der Waals surface area contributed by atoms with E-state index >= 15 is 0 Å². The molecule has 3 nitrogen and oxygen atoms in total. The molecule has 0 bridgehead atoms. The van der Waals surface area contributed by atoms with E-state index in [2.05, 4.69) is 20.9 Å². The second kappa shape index (κ2) is 9.09. The van der Waals surface area contributed by atoms with Gasteiger partial charge in [0, 0.05) is 40.0 Å². The summed E-state index contributed by atoms with van der Waals surface area (Å²) in [6.45, 7) is 1.70. The topological polar surface area (TPSA) is 33.2 Å². The molecule has 0 saturated carbocycles. The lowest BCUT2D eigenvalue weighted by Gasteiger charge is -2.27. The minimum Gasteiger partial charge on any atom is -0.307 e. The van der Waals surface area contributed by atoms with Crippen molar-refractivity contribution in [1.82, 2.24) is 4.98 Å². The average Bonchev–Trinajstić information content (AvgIpc) is 2.88. The van der Waals surface area contributed by atoms with E-state index in [-0.39, 0.29) is 50.9 Å². The number of pyridine rings is 1. The van der Waals surface area contributed by atoms with Gasteiger partial charge >= 0.3 is 0 Å². The van der Waals surface area contributed by atoms with Crippen molar-refractivity contribution in [1.29, 1.82) is 0 Å². The number of carbonyl (C=O) groups is 1. The molecule has 178 valence electrons. The number of amides is 1. The number of carbonyl (C=O) groups excluding carboxylic acids is 1. The van der Waals surface area contributed by atoms with Gasteiger partial charge in [0.1, 0.15) is 17.5 Å². The zero-order valence-electron chi connectivity index (χ0n) is 18.3. The van der Waals surface area contributed by atoms with Crippen LogP contribution in [0.15, 0.2) is 47.1 Å². The number of aryl methyl sites for hydroxylation is 1. The number of fused-ring (bicyclic) bond motifs is 1. The van der Waals surface area contributed by atoms with Gasteiger partial charge in [0.25, 0.3) is 5.92 Å². The lowest BCUT2D eigenvalue weighted by atomic mass is 9.91. The van der Waals surface area contributed by atoms with E-state index in [4.69, 9.17) is 0 Å². The van der Waals surface area contributed by atoms with Gasteiger partial charge in [-0.2, -0.15) is 0 Å². The standard InChI is InChI=1S/C25H20BrF5N2O/c1-13-19(25(2,30)31)8-14(11-32-13)16-6-7-17-20(27)4-3-5-23(17)33(24(16)34)12-18-21(28)9-15(26)10-22(18)29/h3-5,8-11,16H,6-7,12H2,1-2H3/t16-/m1/s1. The first kappa shape index (κ1) is 24.3. The molecule has 9 heteroatoms. The highest BCUT2D eigenvalue weighted by atomic mass is 79.9. The van der Waals surface area contributed by atoms with Gasteiger partial charge in [0.05, 0.1) is 18.2 Å². The van der Waals surface area contributed by atoms with Gasteiger partial charge in [-0.1, -0.05) is 22.0 Å². The molecule has 34 heavy (non-hydrogen) atoms. The Morgan fingerprint density at radius 2 is 1.79 bits per heavy atom. The second-order valence-electron chi connectivity index (χ2n) is 8.39. The van der Waals surface area contributed by atoms with Gasteiger partial charge in [-0.05, 0) is 55.7 Å². The fraction of sp³-hybridized carbons (Fsp3) is 0.280. The summed E-state index contributed by atoms with van der Waals surface area (Å²) in [5.74, 6) is -7.02. The van der Waals surface area contributed by atoms with E-state index in [1.54, 1.807) is 0 Å². The summed E-state index contributed by atoms with van der Waals surface area (Å²) < 4.78 is 72.4. The Kier molecular flexibility index (Phi) is 6.50. The zero-order valence-corrected chi connectivity index (χ0v) is 19.9. The van der Waals surface area contributed by atoms with Crippen LogP contribution in [0.25, 0.3) is 0 Å². The predicted octanol–water partition coefficient (Wildman–Crippen LogP) is 6.94. The summed E-state index contributed by atoms with van der Waals surface area (Å²) in [7, 11) is 0. The van der Waals surface area contributed by atoms with Crippen molar-refractivity contribution in [3.05, 3.63) is 92.5 Å². The molecule has 1 amide bonds. The molecule has 2 heterocycles. The molecule has 3 aromatic rings. The maximum absolute atomic E-state index is 14.7. The van der Waals surface area contributed by atoms with Crippen LogP contribution < -0.4 is 4.90 Å². The molecular formula is C25H20BrF5N2O. The third-order valence-electron chi connectivity index (χ3n) is 6.04. The molecule has 1 atom stereocenters. The number of anilines is 1. The number of hydrogen-bond donors (Lipinski definition) is 0. The number of rotatable bonds is 4. The molecule has 0 fully saturated rings. The molecule has 0 spiro atoms. The van der Waals surface area contributed by atoms with Crippen LogP contribution in [0, 0.1) is 24.4 Å². The first-order valence-electron chi connectivity index (χ1n) is 10.5. The van der Waals surface area contributed by atoms with E-state index in [0.717, 1.165) is 24.0 Å². The summed E-state index contributed by atoms with van der Waals surface area (Å²) >= 11 is 3.02. The zero-order chi connectivity index (χ0) is 24.8. The maximum Gasteiger partial charge on any atom is 0.272 e. The third-order valence-corrected chi connectivity index (χ3v) is 6.50. The molecule has 0 aliphatic carbocycles. The number of benzene rings is 2. The fourth-order valence-corrected chi connectivity index (χ4v) is 4.71. The normalized spacial score (nSPS) is 16.4. The Bertz CT molecular complexity index is 1250.